The summed E-state index contributed by atoms with van der Waals surface area (Å²) in [6, 6.07) is 5.60. The minimum absolute atomic E-state index is 0. The van der Waals surface area contributed by atoms with Gasteiger partial charge in [-0.3, -0.25) is 14.5 Å². The molecular weight excluding hydrogens is 370 g/mol. The van der Waals surface area contributed by atoms with Crippen LogP contribution in [-0.4, -0.2) is 43.9 Å². The molecule has 0 saturated carbocycles. The van der Waals surface area contributed by atoms with Crippen molar-refractivity contribution >= 4 is 18.3 Å². The first kappa shape index (κ1) is 19.0. The van der Waals surface area contributed by atoms with E-state index in [4.69, 9.17) is 4.52 Å². The molecule has 1 aliphatic rings. The van der Waals surface area contributed by atoms with Crippen LogP contribution in [0.3, 0.4) is 0 Å². The molecule has 0 radical (unpaired) electrons. The zero-order valence-corrected chi connectivity index (χ0v) is 15.4. The fraction of sp³-hybridized carbons (Fsp3) is 0.353. The molecule has 1 aliphatic heterocycles. The lowest BCUT2D eigenvalue weighted by molar-refractivity contribution is 0.0940. The number of nitrogens with zero attached hydrogens (tertiary/aromatic N) is 5. The molecule has 0 bridgehead atoms. The lowest BCUT2D eigenvalue weighted by Gasteiger charge is -2.22. The van der Waals surface area contributed by atoms with Crippen LogP contribution in [0.15, 0.2) is 41.3 Å². The normalized spacial score (nSPS) is 16.5. The van der Waals surface area contributed by atoms with Crippen LogP contribution in [0.5, 0.6) is 0 Å². The van der Waals surface area contributed by atoms with Gasteiger partial charge in [0.05, 0.1) is 12.6 Å². The van der Waals surface area contributed by atoms with Gasteiger partial charge < -0.3 is 15.2 Å². The van der Waals surface area contributed by atoms with Gasteiger partial charge in [-0.1, -0.05) is 5.16 Å². The summed E-state index contributed by atoms with van der Waals surface area (Å²) in [4.78, 5) is 20.5. The SMILES string of the molecule is Cl.O=C(NCc1nc(-c2ccncc2)no1)c1ccn(C2CCCNC2)n1. The summed E-state index contributed by atoms with van der Waals surface area (Å²) in [6.45, 7) is 2.06. The number of carbonyl (C=O) groups excluding carboxylic acids is 1. The van der Waals surface area contributed by atoms with E-state index >= 15 is 0 Å². The van der Waals surface area contributed by atoms with Crippen LogP contribution in [0.1, 0.15) is 35.3 Å². The van der Waals surface area contributed by atoms with Crippen molar-refractivity contribution < 1.29 is 9.32 Å². The zero-order valence-electron chi connectivity index (χ0n) is 14.5. The molecule has 0 aliphatic carbocycles. The van der Waals surface area contributed by atoms with Crippen LogP contribution in [-0.2, 0) is 6.54 Å². The number of carbonyl (C=O) groups is 1. The van der Waals surface area contributed by atoms with E-state index in [-0.39, 0.29) is 24.9 Å². The first-order valence-corrected chi connectivity index (χ1v) is 8.56. The van der Waals surface area contributed by atoms with Gasteiger partial charge in [0.15, 0.2) is 0 Å². The molecular formula is C17H20ClN7O2. The van der Waals surface area contributed by atoms with Crippen LogP contribution in [0.4, 0.5) is 0 Å². The van der Waals surface area contributed by atoms with Crippen LogP contribution in [0.25, 0.3) is 11.4 Å². The van der Waals surface area contributed by atoms with Gasteiger partial charge in [0.2, 0.25) is 11.7 Å². The zero-order chi connectivity index (χ0) is 17.8. The minimum Gasteiger partial charge on any atom is -0.342 e. The Kier molecular flexibility index (Phi) is 6.15. The summed E-state index contributed by atoms with van der Waals surface area (Å²) in [5, 5.41) is 14.4. The molecule has 1 saturated heterocycles. The average molecular weight is 390 g/mol. The van der Waals surface area contributed by atoms with Gasteiger partial charge in [-0.25, -0.2) is 0 Å². The lowest BCUT2D eigenvalue weighted by Crippen LogP contribution is -2.32. The number of hydrogen-bond donors (Lipinski definition) is 2. The van der Waals surface area contributed by atoms with Gasteiger partial charge >= 0.3 is 0 Å². The number of hydrogen-bond acceptors (Lipinski definition) is 7. The lowest BCUT2D eigenvalue weighted by atomic mass is 10.1. The molecule has 1 atom stereocenters. The quantitative estimate of drug-likeness (QED) is 0.681. The van der Waals surface area contributed by atoms with Gasteiger partial charge in [-0.15, -0.1) is 12.4 Å². The Hall–Kier alpha value is -2.78. The molecule has 3 aromatic rings. The fourth-order valence-corrected chi connectivity index (χ4v) is 2.91. The molecule has 0 spiro atoms. The largest absolute Gasteiger partial charge is 0.342 e. The second kappa shape index (κ2) is 8.74. The topological polar surface area (TPSA) is 111 Å². The van der Waals surface area contributed by atoms with Gasteiger partial charge in [-0.2, -0.15) is 10.1 Å². The van der Waals surface area contributed by atoms with Gasteiger partial charge in [0.25, 0.3) is 5.91 Å². The average Bonchev–Trinajstić information content (AvgIpc) is 3.37. The van der Waals surface area contributed by atoms with Crippen molar-refractivity contribution in [2.24, 2.45) is 0 Å². The number of piperidine rings is 1. The number of aromatic nitrogens is 5. The van der Waals surface area contributed by atoms with E-state index in [1.165, 1.54) is 0 Å². The Balaban J connectivity index is 0.00000210. The molecule has 3 aromatic heterocycles. The molecule has 4 rings (SSSR count). The Morgan fingerprint density at radius 2 is 2.19 bits per heavy atom. The maximum Gasteiger partial charge on any atom is 0.272 e. The number of pyridine rings is 1. The van der Waals surface area contributed by atoms with E-state index in [2.05, 4.69) is 30.9 Å². The van der Waals surface area contributed by atoms with Crippen LogP contribution >= 0.6 is 12.4 Å². The van der Waals surface area contributed by atoms with Crippen LogP contribution < -0.4 is 10.6 Å². The summed E-state index contributed by atoms with van der Waals surface area (Å²) in [7, 11) is 0. The summed E-state index contributed by atoms with van der Waals surface area (Å²) >= 11 is 0. The smallest absolute Gasteiger partial charge is 0.272 e. The maximum absolute atomic E-state index is 12.3. The molecule has 10 heteroatoms. The monoisotopic (exact) mass is 389 g/mol. The van der Waals surface area contributed by atoms with Crippen molar-refractivity contribution in [2.75, 3.05) is 13.1 Å². The van der Waals surface area contributed by atoms with Gasteiger partial charge in [0, 0.05) is 30.7 Å². The Morgan fingerprint density at radius 1 is 1.33 bits per heavy atom. The van der Waals surface area contributed by atoms with E-state index in [1.54, 1.807) is 30.6 Å². The summed E-state index contributed by atoms with van der Waals surface area (Å²) in [5.74, 6) is 0.531. The number of halogens is 1. The van der Waals surface area contributed by atoms with E-state index in [0.717, 1.165) is 31.5 Å². The third-order valence-corrected chi connectivity index (χ3v) is 4.29. The van der Waals surface area contributed by atoms with E-state index in [1.807, 2.05) is 10.9 Å². The van der Waals surface area contributed by atoms with Crippen molar-refractivity contribution in [3.63, 3.8) is 0 Å². The third kappa shape index (κ3) is 4.50. The summed E-state index contributed by atoms with van der Waals surface area (Å²) < 4.78 is 7.03. The van der Waals surface area contributed by atoms with Crippen molar-refractivity contribution in [3.05, 3.63) is 48.4 Å². The molecule has 0 aromatic carbocycles. The predicted octanol–water partition coefficient (Wildman–Crippen LogP) is 1.60. The molecule has 142 valence electrons. The molecule has 1 unspecified atom stereocenters. The van der Waals surface area contributed by atoms with E-state index < -0.39 is 0 Å². The summed E-state index contributed by atoms with van der Waals surface area (Å²) in [6.07, 6.45) is 7.34. The highest BCUT2D eigenvalue weighted by Gasteiger charge is 2.18. The Labute approximate surface area is 162 Å². The van der Waals surface area contributed by atoms with Crippen LogP contribution in [0.2, 0.25) is 0 Å². The van der Waals surface area contributed by atoms with Crippen molar-refractivity contribution in [3.8, 4) is 11.4 Å². The fourth-order valence-electron chi connectivity index (χ4n) is 2.91. The first-order chi connectivity index (χ1) is 12.8. The van der Waals surface area contributed by atoms with Gasteiger partial charge in [0.1, 0.15) is 5.69 Å². The van der Waals surface area contributed by atoms with Crippen LogP contribution in [0, 0.1) is 0 Å². The number of nitrogens with one attached hydrogen (secondary N) is 2. The highest BCUT2D eigenvalue weighted by Crippen LogP contribution is 2.16. The molecule has 27 heavy (non-hydrogen) atoms. The molecule has 1 amide bonds. The van der Waals surface area contributed by atoms with Crippen molar-refractivity contribution in [1.82, 2.24) is 35.5 Å². The van der Waals surface area contributed by atoms with Gasteiger partial charge in [-0.05, 0) is 37.6 Å². The predicted molar refractivity (Wildman–Crippen MR) is 99.3 cm³/mol. The highest BCUT2D eigenvalue weighted by molar-refractivity contribution is 5.92. The second-order valence-corrected chi connectivity index (χ2v) is 6.11. The van der Waals surface area contributed by atoms with E-state index in [0.29, 0.717) is 23.5 Å². The number of amides is 1. The minimum atomic E-state index is -0.267. The highest BCUT2D eigenvalue weighted by atomic mass is 35.5. The summed E-state index contributed by atoms with van der Waals surface area (Å²) in [5.41, 5.74) is 1.19. The molecule has 1 fully saturated rings. The van der Waals surface area contributed by atoms with E-state index in [9.17, 15) is 4.79 Å². The maximum atomic E-state index is 12.3. The molecule has 4 heterocycles. The Morgan fingerprint density at radius 3 is 2.96 bits per heavy atom. The first-order valence-electron chi connectivity index (χ1n) is 8.56. The van der Waals surface area contributed by atoms with Crippen molar-refractivity contribution in [2.45, 2.75) is 25.4 Å². The number of rotatable bonds is 5. The Bertz CT molecular complexity index is 874. The molecule has 9 nitrogen and oxygen atoms in total. The standard InChI is InChI=1S/C17H19N7O2.ClH/c25-17(14-5-9-24(22-14)13-2-1-6-19-10-13)20-11-15-21-16(23-26-15)12-3-7-18-8-4-12;/h3-5,7-9,13,19H,1-2,6,10-11H2,(H,20,25);1H. The second-order valence-electron chi connectivity index (χ2n) is 6.11. The van der Waals surface area contributed by atoms with Crippen molar-refractivity contribution in [1.29, 1.82) is 0 Å². The third-order valence-electron chi connectivity index (χ3n) is 4.29. The molecule has 2 N–H and O–H groups in total.